The topological polar surface area (TPSA) is 52.6 Å². The maximum atomic E-state index is 10.1. The quantitative estimate of drug-likeness (QED) is 0.338. The number of hydrogen-bond acceptors (Lipinski definition) is 4. The lowest BCUT2D eigenvalue weighted by Gasteiger charge is -2.09. The van der Waals surface area contributed by atoms with Crippen molar-refractivity contribution in [1.29, 1.82) is 0 Å². The van der Waals surface area contributed by atoms with Gasteiger partial charge in [-0.1, -0.05) is 0 Å². The second-order valence-corrected chi connectivity index (χ2v) is 2.23. The molecule has 0 aromatic rings. The van der Waals surface area contributed by atoms with Crippen molar-refractivity contribution in [2.75, 3.05) is 13.2 Å². The van der Waals surface area contributed by atoms with Crippen LogP contribution in [0.2, 0.25) is 0 Å². The molecule has 0 aromatic carbocycles. The summed E-state index contributed by atoms with van der Waals surface area (Å²) < 4.78 is 8.55. The summed E-state index contributed by atoms with van der Waals surface area (Å²) in [5, 5.41) is 0. The van der Waals surface area contributed by atoms with Gasteiger partial charge in [0.05, 0.1) is 0 Å². The van der Waals surface area contributed by atoms with E-state index in [-0.39, 0.29) is 13.2 Å². The zero-order valence-corrected chi connectivity index (χ0v) is 7.62. The Morgan fingerprint density at radius 1 is 1.00 bits per heavy atom. The van der Waals surface area contributed by atoms with Gasteiger partial charge in [-0.2, -0.15) is 0 Å². The zero-order valence-electron chi connectivity index (χ0n) is 7.62. The fourth-order valence-corrected chi connectivity index (χ4v) is 0.507. The molecule has 0 radical (unpaired) electrons. The summed E-state index contributed by atoms with van der Waals surface area (Å²) in [6.45, 7) is -0.475. The summed E-state index contributed by atoms with van der Waals surface area (Å²) in [7, 11) is 0. The maximum absolute atomic E-state index is 10.1. The monoisotopic (exact) mass is 194 g/mol. The number of unbranched alkanes of at least 4 members (excludes halogenated alkanes) is 1. The van der Waals surface area contributed by atoms with E-state index in [4.69, 9.17) is 12.8 Å². The Balaban J connectivity index is 0.000000255. The lowest BCUT2D eigenvalue weighted by atomic mass is 10.3. The molecule has 0 aliphatic carbocycles. The second kappa shape index (κ2) is 7.70. The van der Waals surface area contributed by atoms with Crippen LogP contribution in [0.25, 0.3) is 0 Å². The first-order valence-corrected chi connectivity index (χ1v) is 3.89. The predicted octanol–water partition coefficient (Wildman–Crippen LogP) is 0.119. The lowest BCUT2D eigenvalue weighted by molar-refractivity contribution is -0.174. The Morgan fingerprint density at radius 2 is 1.36 bits per heavy atom. The highest BCUT2D eigenvalue weighted by molar-refractivity contribution is 5.82. The molecule has 1 aliphatic rings. The highest BCUT2D eigenvalue weighted by Gasteiger charge is 2.16. The van der Waals surface area contributed by atoms with E-state index in [2.05, 4.69) is 21.3 Å². The van der Waals surface area contributed by atoms with E-state index in [0.29, 0.717) is 12.8 Å². The molecule has 1 aliphatic heterocycles. The van der Waals surface area contributed by atoms with Crippen LogP contribution >= 0.6 is 0 Å². The fourth-order valence-electron chi connectivity index (χ4n) is 0.507. The van der Waals surface area contributed by atoms with Gasteiger partial charge in [0.25, 0.3) is 0 Å². The summed E-state index contributed by atoms with van der Waals surface area (Å²) in [5.74, 6) is 3.89. The summed E-state index contributed by atoms with van der Waals surface area (Å²) in [5.41, 5.74) is 0. The first-order valence-electron chi connectivity index (χ1n) is 3.89. The predicted molar refractivity (Wildman–Crippen MR) is 48.8 cm³/mol. The Kier molecular flexibility index (Phi) is 6.63. The van der Waals surface area contributed by atoms with E-state index in [1.807, 2.05) is 0 Å². The summed E-state index contributed by atoms with van der Waals surface area (Å²) >= 11 is 0. The van der Waals surface area contributed by atoms with Crippen LogP contribution in [0.1, 0.15) is 12.8 Å². The highest BCUT2D eigenvalue weighted by atomic mass is 16.6. The molecule has 1 fully saturated rings. The van der Waals surface area contributed by atoms with Crippen molar-refractivity contribution < 1.29 is 19.1 Å². The molecule has 0 unspecified atom stereocenters. The maximum Gasteiger partial charge on any atom is 0.344 e. The van der Waals surface area contributed by atoms with Crippen molar-refractivity contribution in [3.05, 3.63) is 0 Å². The average Bonchev–Trinajstić information content (AvgIpc) is 2.20. The Hall–Kier alpha value is -1.94. The summed E-state index contributed by atoms with van der Waals surface area (Å²) in [6, 6.07) is 0. The van der Waals surface area contributed by atoms with Crippen LogP contribution in [0.4, 0.5) is 0 Å². The van der Waals surface area contributed by atoms with Crippen LogP contribution in [0.15, 0.2) is 0 Å². The molecule has 0 spiro atoms. The molecule has 1 saturated heterocycles. The van der Waals surface area contributed by atoms with Crippen molar-refractivity contribution in [1.82, 2.24) is 0 Å². The molecule has 0 atom stereocenters. The van der Waals surface area contributed by atoms with E-state index in [9.17, 15) is 9.59 Å². The molecular formula is C10H10O4. The molecule has 0 bridgehead atoms. The molecule has 4 heteroatoms. The summed E-state index contributed by atoms with van der Waals surface area (Å²) in [4.78, 5) is 20.2. The number of rotatable bonds is 1. The van der Waals surface area contributed by atoms with Crippen molar-refractivity contribution in [3.8, 4) is 24.7 Å². The number of ether oxygens (including phenoxy) is 2. The highest BCUT2D eigenvalue weighted by Crippen LogP contribution is 1.90. The van der Waals surface area contributed by atoms with Crippen LogP contribution in [-0.4, -0.2) is 25.2 Å². The van der Waals surface area contributed by atoms with Gasteiger partial charge in [0.15, 0.2) is 13.2 Å². The minimum atomic E-state index is -0.482. The third-order valence-electron chi connectivity index (χ3n) is 1.12. The van der Waals surface area contributed by atoms with Gasteiger partial charge in [0.1, 0.15) is 0 Å². The minimum absolute atomic E-state index is 0.237. The molecule has 0 aromatic heterocycles. The average molecular weight is 194 g/mol. The molecule has 0 saturated carbocycles. The first kappa shape index (κ1) is 12.1. The summed E-state index contributed by atoms with van der Waals surface area (Å²) in [6.07, 6.45) is 11.1. The minimum Gasteiger partial charge on any atom is -0.451 e. The molecular weight excluding hydrogens is 184 g/mol. The molecule has 1 rings (SSSR count). The van der Waals surface area contributed by atoms with E-state index in [1.54, 1.807) is 0 Å². The Bertz CT molecular complexity index is 237. The van der Waals surface area contributed by atoms with Gasteiger partial charge >= 0.3 is 11.9 Å². The molecule has 74 valence electrons. The Labute approximate surface area is 82.6 Å². The lowest BCUT2D eigenvalue weighted by Crippen LogP contribution is -2.27. The third kappa shape index (κ3) is 6.75. The number of cyclic esters (lactones) is 2. The normalized spacial score (nSPS) is 13.6. The largest absolute Gasteiger partial charge is 0.451 e. The number of hydrogen-bond donors (Lipinski definition) is 0. The van der Waals surface area contributed by atoms with Crippen LogP contribution in [0, 0.1) is 24.7 Å². The van der Waals surface area contributed by atoms with Crippen molar-refractivity contribution in [3.63, 3.8) is 0 Å². The number of esters is 2. The van der Waals surface area contributed by atoms with E-state index >= 15 is 0 Å². The number of carbonyl (C=O) groups excluding carboxylic acids is 2. The van der Waals surface area contributed by atoms with E-state index in [0.717, 1.165) is 0 Å². The van der Waals surface area contributed by atoms with Gasteiger partial charge in [-0.3, -0.25) is 0 Å². The molecule has 0 amide bonds. The van der Waals surface area contributed by atoms with Gasteiger partial charge in [-0.15, -0.1) is 24.7 Å². The Morgan fingerprint density at radius 3 is 1.57 bits per heavy atom. The molecule has 1 heterocycles. The SMILES string of the molecule is C#CCCC#C.O=C1COC(=O)CO1. The second-order valence-electron chi connectivity index (χ2n) is 2.23. The van der Waals surface area contributed by atoms with Gasteiger partial charge in [-0.05, 0) is 0 Å². The smallest absolute Gasteiger partial charge is 0.344 e. The number of terminal acetylenes is 2. The van der Waals surface area contributed by atoms with Crippen molar-refractivity contribution in [2.24, 2.45) is 0 Å². The van der Waals surface area contributed by atoms with Crippen LogP contribution in [0.3, 0.4) is 0 Å². The third-order valence-corrected chi connectivity index (χ3v) is 1.12. The van der Waals surface area contributed by atoms with Gasteiger partial charge in [0.2, 0.25) is 0 Å². The molecule has 4 nitrogen and oxygen atoms in total. The van der Waals surface area contributed by atoms with Crippen LogP contribution in [0.5, 0.6) is 0 Å². The van der Waals surface area contributed by atoms with Gasteiger partial charge in [-0.25, -0.2) is 9.59 Å². The fraction of sp³-hybridized carbons (Fsp3) is 0.400. The van der Waals surface area contributed by atoms with Crippen molar-refractivity contribution in [2.45, 2.75) is 12.8 Å². The van der Waals surface area contributed by atoms with Gasteiger partial charge < -0.3 is 9.47 Å². The van der Waals surface area contributed by atoms with E-state index in [1.165, 1.54) is 0 Å². The van der Waals surface area contributed by atoms with Crippen molar-refractivity contribution >= 4 is 11.9 Å². The van der Waals surface area contributed by atoms with E-state index < -0.39 is 11.9 Å². The zero-order chi connectivity index (χ0) is 10.8. The molecule has 0 N–H and O–H groups in total. The first-order chi connectivity index (χ1) is 6.70. The number of carbonyl (C=O) groups is 2. The van der Waals surface area contributed by atoms with Crippen LogP contribution < -0.4 is 0 Å². The molecule has 14 heavy (non-hydrogen) atoms. The van der Waals surface area contributed by atoms with Gasteiger partial charge in [0, 0.05) is 12.8 Å². The van der Waals surface area contributed by atoms with Crippen LogP contribution in [-0.2, 0) is 19.1 Å². The standard InChI is InChI=1S/C6H6.C4H4O4/c1-3-5-6-4-2;5-3-1-7-4(6)2-8-3/h1-2H,5-6H2;1-2H2.